The van der Waals surface area contributed by atoms with E-state index in [1.165, 1.54) is 46.4 Å². The van der Waals surface area contributed by atoms with E-state index in [4.69, 9.17) is 32.5 Å². The summed E-state index contributed by atoms with van der Waals surface area (Å²) in [5.41, 5.74) is 19.2. The van der Waals surface area contributed by atoms with Crippen molar-refractivity contribution in [2.45, 2.75) is 191 Å². The van der Waals surface area contributed by atoms with Crippen LogP contribution in [0.2, 0.25) is 0 Å². The van der Waals surface area contributed by atoms with Gasteiger partial charge in [-0.3, -0.25) is 82.1 Å². The number of nitrogens with two attached hydrogens (primary N) is 3. The molecule has 14 atom stereocenters. The molecule has 47 heteroatoms. The summed E-state index contributed by atoms with van der Waals surface area (Å²) in [6.45, 7) is 9.12. The van der Waals surface area contributed by atoms with Gasteiger partial charge in [0.15, 0.2) is 5.96 Å². The molecule has 3 aromatic heterocycles. The number of guanidine groups is 1. The van der Waals surface area contributed by atoms with Crippen molar-refractivity contribution in [1.82, 2.24) is 94.0 Å². The quantitative estimate of drug-likeness (QED) is 0.0115. The number of nitrogens with zero attached hydrogens (tertiary/aromatic N) is 2. The lowest BCUT2D eigenvalue weighted by Crippen LogP contribution is -2.61. The van der Waals surface area contributed by atoms with E-state index >= 15 is 14.4 Å². The third kappa shape index (κ3) is 31.9. The van der Waals surface area contributed by atoms with Gasteiger partial charge in [0, 0.05) is 104 Å². The van der Waals surface area contributed by atoms with E-state index in [9.17, 15) is 85.7 Å². The van der Waals surface area contributed by atoms with Crippen molar-refractivity contribution in [3.8, 4) is 0 Å². The van der Waals surface area contributed by atoms with Crippen LogP contribution in [0, 0.1) is 17.2 Å². The second-order valence-electron chi connectivity index (χ2n) is 28.7. The molecule has 0 bridgehead atoms. The van der Waals surface area contributed by atoms with Gasteiger partial charge in [0.2, 0.25) is 88.6 Å². The molecule has 662 valence electrons. The van der Waals surface area contributed by atoms with E-state index in [1.54, 1.807) is 80.2 Å². The number of primary amides is 2. The van der Waals surface area contributed by atoms with Crippen molar-refractivity contribution < 1.29 is 110 Å². The molecule has 2 aromatic carbocycles. The predicted octanol–water partition coefficient (Wildman–Crippen LogP) is -4.02. The molecule has 0 radical (unpaired) electrons. The summed E-state index contributed by atoms with van der Waals surface area (Å²) in [5, 5.41) is 72.2. The number of aliphatic hydroxyl groups excluding tert-OH is 1. The SMILES string of the molecule is CC[C@H](C)[C@H](NC(C)=O)C(=O)N[C@H]1CSSC[C@@H](C(=O)N[C@H](C(N)=O)[C@@H](C)O)NC(=O)[C@H](CCCNC(=N)N)NC(=O)[C@H](Cc2cnc[nH]2)NC(=O)[C@H](C)NC(=O)CNC(=O)[C@H](Cc2c[nH]c3ccccc23)NC(=O)[C@H](CC(=O)O)NC(=O)[C@H](CCC(N)=O)NC(=O)[C@H](Cc2cn(C)c3ccccc23)NC(=O)[C@H](C(C)C)NC1=O.O=C(O)C(F)(F)F. The number of aliphatic hydroxyl groups is 1. The lowest BCUT2D eigenvalue weighted by atomic mass is 9.97. The molecule has 1 aliphatic rings. The molecule has 5 aromatic rings. The van der Waals surface area contributed by atoms with E-state index in [0.29, 0.717) is 39.4 Å². The number of para-hydroxylation sites is 2. The number of aromatic amines is 2. The summed E-state index contributed by atoms with van der Waals surface area (Å²) in [6, 6.07) is -6.09. The van der Waals surface area contributed by atoms with Gasteiger partial charge in [-0.25, -0.2) is 9.78 Å². The van der Waals surface area contributed by atoms with Crippen LogP contribution in [-0.4, -0.2) is 251 Å². The number of H-pyrrole nitrogens is 2. The number of carbonyl (C=O) groups is 17. The number of imidazole rings is 1. The zero-order chi connectivity index (χ0) is 90.3. The highest BCUT2D eigenvalue weighted by molar-refractivity contribution is 8.76. The van der Waals surface area contributed by atoms with Gasteiger partial charge in [-0.05, 0) is 68.2 Å². The topological polar surface area (TPSA) is 671 Å². The van der Waals surface area contributed by atoms with Gasteiger partial charge >= 0.3 is 18.1 Å². The Hall–Kier alpha value is -12.6. The molecule has 15 amide bonds. The number of carbonyl (C=O) groups excluding carboxylic acids is 15. The number of benzene rings is 2. The summed E-state index contributed by atoms with van der Waals surface area (Å²) >= 11 is 0. The minimum Gasteiger partial charge on any atom is -0.481 e. The normalized spacial score (nSPS) is 21.9. The number of hydrogen-bond acceptors (Lipinski definition) is 22. The maximum atomic E-state index is 15.2. The lowest BCUT2D eigenvalue weighted by molar-refractivity contribution is -0.192. The van der Waals surface area contributed by atoms with Crippen LogP contribution in [0.3, 0.4) is 0 Å². The van der Waals surface area contributed by atoms with Crippen LogP contribution < -0.4 is 91.6 Å². The maximum Gasteiger partial charge on any atom is 0.490 e. The smallest absolute Gasteiger partial charge is 0.481 e. The monoisotopic (exact) mass is 1740 g/mol. The number of hydrogen-bond donors (Lipinski definition) is 23. The Morgan fingerprint density at radius 2 is 1.21 bits per heavy atom. The van der Waals surface area contributed by atoms with Crippen LogP contribution in [0.25, 0.3) is 21.8 Å². The highest BCUT2D eigenvalue weighted by Gasteiger charge is 2.41. The van der Waals surface area contributed by atoms with Crippen LogP contribution >= 0.6 is 21.6 Å². The van der Waals surface area contributed by atoms with Gasteiger partial charge in [-0.2, -0.15) is 13.2 Å². The number of nitrogens with one attached hydrogen (secondary N) is 17. The largest absolute Gasteiger partial charge is 0.490 e. The number of carboxylic acid groups (broad SMARTS) is 2. The first-order chi connectivity index (χ1) is 56.9. The first-order valence-electron chi connectivity index (χ1n) is 37.9. The van der Waals surface area contributed by atoms with E-state index in [1.807, 2.05) is 0 Å². The first kappa shape index (κ1) is 99.0. The Morgan fingerprint density at radius 1 is 0.661 bits per heavy atom. The van der Waals surface area contributed by atoms with E-state index in [-0.39, 0.29) is 44.3 Å². The molecule has 121 heavy (non-hydrogen) atoms. The molecule has 42 nitrogen and oxygen atoms in total. The summed E-state index contributed by atoms with van der Waals surface area (Å²) in [4.78, 5) is 245. The molecule has 0 unspecified atom stereocenters. The molecule has 1 aliphatic heterocycles. The summed E-state index contributed by atoms with van der Waals surface area (Å²) in [5.74, 6) is -22.6. The van der Waals surface area contributed by atoms with Crippen molar-refractivity contribution >= 4 is 150 Å². The van der Waals surface area contributed by atoms with Crippen LogP contribution in [0.4, 0.5) is 13.2 Å². The Labute approximate surface area is 698 Å². The molecule has 26 N–H and O–H groups in total. The summed E-state index contributed by atoms with van der Waals surface area (Å²) < 4.78 is 33.5. The van der Waals surface area contributed by atoms with Gasteiger partial charge in [0.25, 0.3) is 0 Å². The molecule has 0 aliphatic carbocycles. The Morgan fingerprint density at radius 3 is 1.80 bits per heavy atom. The van der Waals surface area contributed by atoms with Crippen molar-refractivity contribution in [2.75, 3.05) is 24.6 Å². The average molecular weight is 1740 g/mol. The van der Waals surface area contributed by atoms with E-state index in [2.05, 4.69) is 89.4 Å². The van der Waals surface area contributed by atoms with Crippen molar-refractivity contribution in [1.29, 1.82) is 5.41 Å². The van der Waals surface area contributed by atoms with Crippen molar-refractivity contribution in [3.63, 3.8) is 0 Å². The number of amides is 15. The molecule has 1 fully saturated rings. The standard InChI is InChI=1S/C72H102N22O18S2.C2HF3O2/c1-9-35(4)58(83-38(7)96)71(112)91-52-32-114-113-31-51(69(110)93-59(37(6)95)60(74)101)90-63(104)45(18-14-22-78-72(75)76)84-66(107)49(25-41-28-77-33-81-41)86-61(102)36(5)82-55(98)29-80-62(103)47(23-39-27-79-44-17-12-10-15-42(39)44)87-67(108)50(26-56(99)100)88-64(105)46(20-21-54(73)97)85-65(106)48(89-70(111)57(34(2)3)92-68(52)109)24-40-30-94(8)53-19-13-11-16-43(40)53;3-2(4,5)1(6)7/h10-13,15-17,19,27-28,30,33-37,45-52,57-59,79,95H,9,14,18,20-26,29,31-32H2,1-8H3,(H2,73,97)(H2,74,101)(H,77,81)(H,80,103)(H,82,98)(H,83,96)(H,84,107)(H,85,106)(H,86,102)(H,87,108)(H,88,105)(H,89,111)(H,90,104)(H,91,112)(H,92,109)(H,93,110)(H,99,100)(H4,75,76,78);(H,6,7)/t35-,36-,37+,45-,46-,47-,48-,49-,50-,51-,52-,57-,58-,59-;/m0./s1. The fourth-order valence-corrected chi connectivity index (χ4v) is 14.5. The third-order valence-electron chi connectivity index (χ3n) is 18.8. The Balaban J connectivity index is 0.00000355. The first-order valence-corrected chi connectivity index (χ1v) is 40.4. The minimum atomic E-state index is -5.08. The third-order valence-corrected chi connectivity index (χ3v) is 21.2. The molecule has 6 rings (SSSR count). The second kappa shape index (κ2) is 47.3. The Bertz CT molecular complexity index is 4550. The van der Waals surface area contributed by atoms with Gasteiger partial charge in [-0.1, -0.05) is 92.1 Å². The summed E-state index contributed by atoms with van der Waals surface area (Å²) in [7, 11) is 3.37. The summed E-state index contributed by atoms with van der Waals surface area (Å²) in [6.07, 6.45) is -4.15. The number of carboxylic acids is 2. The van der Waals surface area contributed by atoms with Crippen LogP contribution in [-0.2, 0) is 108 Å². The predicted molar refractivity (Wildman–Crippen MR) is 432 cm³/mol. The average Bonchev–Trinajstić information content (AvgIpc) is 1.66. The van der Waals surface area contributed by atoms with E-state index < -0.39 is 240 Å². The molecule has 0 spiro atoms. The lowest BCUT2D eigenvalue weighted by Gasteiger charge is -2.29. The molecular formula is C74H103F3N22O20S2. The molecule has 0 saturated carbocycles. The van der Waals surface area contributed by atoms with Gasteiger partial charge in [-0.15, -0.1) is 0 Å². The van der Waals surface area contributed by atoms with Crippen molar-refractivity contribution in [3.05, 3.63) is 90.3 Å². The number of aryl methyl sites for hydroxylation is 1. The number of halogens is 3. The van der Waals surface area contributed by atoms with Crippen LogP contribution in [0.15, 0.2) is 73.4 Å². The highest BCUT2D eigenvalue weighted by Crippen LogP contribution is 2.26. The highest BCUT2D eigenvalue weighted by atomic mass is 33.1. The van der Waals surface area contributed by atoms with Crippen molar-refractivity contribution in [2.24, 2.45) is 36.1 Å². The maximum absolute atomic E-state index is 15.2. The van der Waals surface area contributed by atoms with E-state index in [0.717, 1.165) is 28.5 Å². The minimum absolute atomic E-state index is 0.00256. The molecular weight excluding hydrogens is 1640 g/mol. The number of rotatable bonds is 25. The number of fused-ring (bicyclic) bond motifs is 2. The van der Waals surface area contributed by atoms with Crippen LogP contribution in [0.1, 0.15) is 104 Å². The zero-order valence-electron chi connectivity index (χ0n) is 67.1. The number of aromatic nitrogens is 4. The number of aliphatic carboxylic acids is 2. The fraction of sp³-hybridized carbons (Fsp3) is 0.500. The molecule has 1 saturated heterocycles. The zero-order valence-corrected chi connectivity index (χ0v) is 68.8. The second-order valence-corrected chi connectivity index (χ2v) is 31.3. The molecule has 4 heterocycles. The van der Waals surface area contributed by atoms with Gasteiger partial charge < -0.3 is 121 Å². The Kier molecular flexibility index (Phi) is 38.7. The number of alkyl halides is 3. The van der Waals surface area contributed by atoms with Crippen LogP contribution in [0.5, 0.6) is 0 Å². The fourth-order valence-electron chi connectivity index (χ4n) is 12.1. The van der Waals surface area contributed by atoms with Gasteiger partial charge in [0.05, 0.1) is 25.4 Å². The van der Waals surface area contributed by atoms with Gasteiger partial charge in [0.1, 0.15) is 72.5 Å².